The van der Waals surface area contributed by atoms with Gasteiger partial charge in [0.15, 0.2) is 5.65 Å². The summed E-state index contributed by atoms with van der Waals surface area (Å²) in [4.78, 5) is 14.4. The highest BCUT2D eigenvalue weighted by Crippen LogP contribution is 2.43. The third-order valence-electron chi connectivity index (χ3n) is 6.15. The van der Waals surface area contributed by atoms with Crippen LogP contribution in [0, 0.1) is 11.8 Å². The number of anilines is 2. The van der Waals surface area contributed by atoms with E-state index in [4.69, 9.17) is 0 Å². The van der Waals surface area contributed by atoms with E-state index in [0.717, 1.165) is 23.6 Å². The topological polar surface area (TPSA) is 71.8 Å². The molecule has 1 N–H and O–H groups in total. The maximum absolute atomic E-state index is 13.3. The lowest BCUT2D eigenvalue weighted by Gasteiger charge is -2.23. The Kier molecular flexibility index (Phi) is 5.09. The normalized spacial score (nSPS) is 23.3. The van der Waals surface area contributed by atoms with Crippen molar-refractivity contribution < 1.29 is 22.0 Å². The first-order valence-corrected chi connectivity index (χ1v) is 10.3. The van der Waals surface area contributed by atoms with Crippen LogP contribution in [-0.4, -0.2) is 50.3 Å². The third-order valence-corrected chi connectivity index (χ3v) is 6.15. The van der Waals surface area contributed by atoms with Crippen molar-refractivity contribution in [3.63, 3.8) is 0 Å². The summed E-state index contributed by atoms with van der Waals surface area (Å²) >= 11 is 0. The van der Waals surface area contributed by atoms with Crippen LogP contribution in [0.3, 0.4) is 0 Å². The average molecular weight is 453 g/mol. The van der Waals surface area contributed by atoms with Gasteiger partial charge in [0, 0.05) is 25.3 Å². The number of fused-ring (bicyclic) bond motifs is 2. The van der Waals surface area contributed by atoms with E-state index in [2.05, 4.69) is 25.4 Å². The molecule has 170 valence electrons. The molecule has 2 aliphatic rings. The van der Waals surface area contributed by atoms with E-state index in [1.165, 1.54) is 18.5 Å². The van der Waals surface area contributed by atoms with Crippen molar-refractivity contribution in [2.75, 3.05) is 23.3 Å². The second-order valence-electron chi connectivity index (χ2n) is 8.29. The van der Waals surface area contributed by atoms with E-state index >= 15 is 0 Å². The number of hydrogen-bond acceptors (Lipinski definition) is 6. The van der Waals surface area contributed by atoms with E-state index in [0.29, 0.717) is 24.4 Å². The Morgan fingerprint density at radius 3 is 2.53 bits per heavy atom. The molecule has 2 fully saturated rings. The minimum absolute atomic E-state index is 0.0116. The van der Waals surface area contributed by atoms with Crippen LogP contribution < -0.4 is 10.2 Å². The van der Waals surface area contributed by atoms with E-state index < -0.39 is 24.7 Å². The smallest absolute Gasteiger partial charge is 0.366 e. The Morgan fingerprint density at radius 1 is 1.09 bits per heavy atom. The molecular weight excluding hydrogens is 433 g/mol. The van der Waals surface area contributed by atoms with Gasteiger partial charge in [-0.15, -0.1) is 0 Å². The molecule has 7 nitrogen and oxygen atoms in total. The van der Waals surface area contributed by atoms with Gasteiger partial charge in [-0.3, -0.25) is 0 Å². The number of halogens is 5. The monoisotopic (exact) mass is 453 g/mol. The Morgan fingerprint density at radius 2 is 1.84 bits per heavy atom. The molecule has 3 aromatic heterocycles. The largest absolute Gasteiger partial charge is 0.419 e. The Labute approximate surface area is 179 Å². The van der Waals surface area contributed by atoms with Gasteiger partial charge in [-0.25, -0.2) is 28.4 Å². The summed E-state index contributed by atoms with van der Waals surface area (Å²) in [5.74, 6) is 0.926. The summed E-state index contributed by atoms with van der Waals surface area (Å²) < 4.78 is 66.6. The van der Waals surface area contributed by atoms with Crippen molar-refractivity contribution in [2.24, 2.45) is 11.8 Å². The van der Waals surface area contributed by atoms with Gasteiger partial charge in [0.25, 0.3) is 6.43 Å². The van der Waals surface area contributed by atoms with Crippen LogP contribution in [0.2, 0.25) is 0 Å². The van der Waals surface area contributed by atoms with Gasteiger partial charge >= 0.3 is 6.18 Å². The molecule has 3 aromatic rings. The molecular formula is C20H20F5N7. The van der Waals surface area contributed by atoms with Gasteiger partial charge in [0.2, 0.25) is 0 Å². The van der Waals surface area contributed by atoms with Crippen LogP contribution in [0.5, 0.6) is 0 Å². The molecule has 0 aromatic carbocycles. The number of nitrogens with zero attached hydrogens (tertiary/aromatic N) is 6. The highest BCUT2D eigenvalue weighted by molar-refractivity contribution is 5.71. The fourth-order valence-corrected chi connectivity index (χ4v) is 4.85. The zero-order valence-electron chi connectivity index (χ0n) is 16.8. The number of alkyl halides is 5. The highest BCUT2D eigenvalue weighted by Gasteiger charge is 2.44. The second-order valence-corrected chi connectivity index (χ2v) is 8.29. The predicted molar refractivity (Wildman–Crippen MR) is 106 cm³/mol. The molecule has 4 heterocycles. The van der Waals surface area contributed by atoms with Crippen LogP contribution in [0.4, 0.5) is 33.6 Å². The van der Waals surface area contributed by atoms with E-state index in [1.807, 2.05) is 0 Å². The molecule has 12 heteroatoms. The molecule has 3 atom stereocenters. The van der Waals surface area contributed by atoms with Gasteiger partial charge < -0.3 is 10.2 Å². The zero-order chi connectivity index (χ0) is 22.5. The maximum atomic E-state index is 13.3. The van der Waals surface area contributed by atoms with E-state index in [9.17, 15) is 22.0 Å². The number of hydrogen-bond donors (Lipinski definition) is 1. The molecule has 0 radical (unpaired) electrons. The molecule has 0 bridgehead atoms. The van der Waals surface area contributed by atoms with Crippen molar-refractivity contribution in [1.29, 1.82) is 0 Å². The zero-order valence-corrected chi connectivity index (χ0v) is 16.8. The summed E-state index contributed by atoms with van der Waals surface area (Å²) in [6.07, 6.45) is -1.13. The first kappa shape index (κ1) is 20.8. The van der Waals surface area contributed by atoms with Gasteiger partial charge in [-0.05, 0) is 36.8 Å². The van der Waals surface area contributed by atoms with Crippen LogP contribution >= 0.6 is 0 Å². The summed E-state index contributed by atoms with van der Waals surface area (Å²) in [6, 6.07) is 2.44. The number of nitrogens with one attached hydrogen (secondary N) is 1. The van der Waals surface area contributed by atoms with Gasteiger partial charge in [0.05, 0.1) is 18.0 Å². The first-order valence-electron chi connectivity index (χ1n) is 10.3. The van der Waals surface area contributed by atoms with Crippen molar-refractivity contribution in [1.82, 2.24) is 24.7 Å². The fraction of sp³-hybridized carbons (Fsp3) is 0.500. The Hall–Kier alpha value is -3.05. The molecule has 5 rings (SSSR count). The van der Waals surface area contributed by atoms with Gasteiger partial charge in [-0.2, -0.15) is 18.3 Å². The lowest BCUT2D eigenvalue weighted by molar-refractivity contribution is -0.137. The molecule has 1 saturated carbocycles. The standard InChI is InChI=1S/C20H20F5N7/c21-16(22)10-32-19-15(6-28-32)27-7-17(30-19)29-13-4-11-8-31(9-12(11)5-13)18-14(20(23,24)25)2-1-3-26-18/h1-3,6-7,11-13,16H,4-5,8-10H2,(H,29,30)/t11-,12+,13-. The van der Waals surface area contributed by atoms with Crippen LogP contribution in [-0.2, 0) is 12.7 Å². The van der Waals surface area contributed by atoms with Crippen molar-refractivity contribution >= 4 is 22.8 Å². The van der Waals surface area contributed by atoms with Crippen LogP contribution in [0.25, 0.3) is 11.2 Å². The highest BCUT2D eigenvalue weighted by atomic mass is 19.4. The van der Waals surface area contributed by atoms with E-state index in [-0.39, 0.29) is 29.3 Å². The van der Waals surface area contributed by atoms with E-state index in [1.54, 1.807) is 11.1 Å². The number of aromatic nitrogens is 5. The van der Waals surface area contributed by atoms with Crippen molar-refractivity contribution in [3.05, 3.63) is 36.3 Å². The summed E-state index contributed by atoms with van der Waals surface area (Å²) in [5, 5.41) is 7.21. The van der Waals surface area contributed by atoms with Crippen LogP contribution in [0.1, 0.15) is 18.4 Å². The predicted octanol–water partition coefficient (Wildman–Crippen LogP) is 3.83. The lowest BCUT2D eigenvalue weighted by Crippen LogP contribution is -2.28. The quantitative estimate of drug-likeness (QED) is 0.592. The van der Waals surface area contributed by atoms with Gasteiger partial charge in [0.1, 0.15) is 23.7 Å². The van der Waals surface area contributed by atoms with Crippen molar-refractivity contribution in [2.45, 2.75) is 38.0 Å². The summed E-state index contributed by atoms with van der Waals surface area (Å²) in [6.45, 7) is 0.460. The number of rotatable bonds is 5. The average Bonchev–Trinajstić information content (AvgIpc) is 3.41. The molecule has 1 aliphatic carbocycles. The van der Waals surface area contributed by atoms with Crippen molar-refractivity contribution in [3.8, 4) is 0 Å². The lowest BCUT2D eigenvalue weighted by atomic mass is 10.0. The molecule has 1 aliphatic heterocycles. The molecule has 1 saturated heterocycles. The third kappa shape index (κ3) is 3.93. The molecule has 0 spiro atoms. The van der Waals surface area contributed by atoms with Crippen LogP contribution in [0.15, 0.2) is 30.7 Å². The summed E-state index contributed by atoms with van der Waals surface area (Å²) in [5.41, 5.74) is 0.0131. The molecule has 32 heavy (non-hydrogen) atoms. The molecule has 0 amide bonds. The minimum atomic E-state index is -4.44. The fourth-order valence-electron chi connectivity index (χ4n) is 4.85. The maximum Gasteiger partial charge on any atom is 0.419 e. The second kappa shape index (κ2) is 7.82. The minimum Gasteiger partial charge on any atom is -0.366 e. The molecule has 0 unspecified atom stereocenters. The Bertz CT molecular complexity index is 1100. The SMILES string of the molecule is FC(F)Cn1ncc2ncc(N[C@@H]3C[C@@H]4CN(c5ncccc5C(F)(F)F)C[C@@H]4C3)nc21. The summed E-state index contributed by atoms with van der Waals surface area (Å²) in [7, 11) is 0. The number of pyridine rings is 1. The Balaban J connectivity index is 1.26. The first-order chi connectivity index (χ1) is 15.3. The van der Waals surface area contributed by atoms with Gasteiger partial charge in [-0.1, -0.05) is 0 Å².